The maximum absolute atomic E-state index is 5.69. The number of thiophene rings is 1. The highest BCUT2D eigenvalue weighted by molar-refractivity contribution is 7.99. The summed E-state index contributed by atoms with van der Waals surface area (Å²) in [7, 11) is 1.90. The van der Waals surface area contributed by atoms with Crippen LogP contribution in [0.25, 0.3) is 10.8 Å². The summed E-state index contributed by atoms with van der Waals surface area (Å²) in [6.07, 6.45) is 1.67. The van der Waals surface area contributed by atoms with E-state index in [1.54, 1.807) is 17.7 Å². The topological polar surface area (TPSA) is 69.6 Å². The third kappa shape index (κ3) is 2.54. The zero-order valence-electron chi connectivity index (χ0n) is 10.3. The Morgan fingerprint density at radius 1 is 1.37 bits per heavy atom. The van der Waals surface area contributed by atoms with Crippen molar-refractivity contribution in [1.82, 2.24) is 25.0 Å². The minimum Gasteiger partial charge on any atom is -0.419 e. The van der Waals surface area contributed by atoms with Gasteiger partial charge in [-0.05, 0) is 18.4 Å². The van der Waals surface area contributed by atoms with Gasteiger partial charge in [0.25, 0.3) is 5.89 Å². The van der Waals surface area contributed by atoms with Crippen LogP contribution in [0.15, 0.2) is 33.4 Å². The number of aryl methyl sites for hydroxylation is 1. The van der Waals surface area contributed by atoms with Gasteiger partial charge < -0.3 is 8.98 Å². The van der Waals surface area contributed by atoms with Gasteiger partial charge in [-0.25, -0.2) is 0 Å². The van der Waals surface area contributed by atoms with Gasteiger partial charge in [0, 0.05) is 7.05 Å². The van der Waals surface area contributed by atoms with Crippen LogP contribution in [0.1, 0.15) is 18.1 Å². The first-order valence-corrected chi connectivity index (χ1v) is 7.38. The Kier molecular flexibility index (Phi) is 3.34. The second kappa shape index (κ2) is 5.14. The van der Waals surface area contributed by atoms with E-state index in [1.807, 2.05) is 36.1 Å². The Labute approximate surface area is 117 Å². The van der Waals surface area contributed by atoms with Crippen molar-refractivity contribution in [3.8, 4) is 10.8 Å². The lowest BCUT2D eigenvalue weighted by molar-refractivity contribution is 0.509. The van der Waals surface area contributed by atoms with Crippen molar-refractivity contribution in [2.75, 3.05) is 0 Å². The minimum atomic E-state index is 0.0316. The number of nitrogens with zero attached hydrogens (tertiary/aromatic N) is 5. The first-order valence-electron chi connectivity index (χ1n) is 5.62. The summed E-state index contributed by atoms with van der Waals surface area (Å²) in [4.78, 5) is 0.981. The molecule has 0 bridgehead atoms. The summed E-state index contributed by atoms with van der Waals surface area (Å²) in [5.41, 5.74) is 0. The highest BCUT2D eigenvalue weighted by atomic mass is 32.2. The lowest BCUT2D eigenvalue weighted by Gasteiger charge is -2.04. The zero-order valence-corrected chi connectivity index (χ0v) is 12.0. The van der Waals surface area contributed by atoms with Crippen LogP contribution in [0.3, 0.4) is 0 Å². The fourth-order valence-electron chi connectivity index (χ4n) is 1.49. The molecule has 3 aromatic heterocycles. The summed E-state index contributed by atoms with van der Waals surface area (Å²) in [5, 5.41) is 18.9. The van der Waals surface area contributed by atoms with Gasteiger partial charge in [0.1, 0.15) is 6.33 Å². The standard InChI is InChI=1S/C11H11N5OS2/c1-7(19-11-15-12-6-16(11)2)9-13-14-10(17-9)8-4-3-5-18-8/h3-7H,1-2H3/t7-/m1/s1. The van der Waals surface area contributed by atoms with Gasteiger partial charge in [-0.3, -0.25) is 0 Å². The smallest absolute Gasteiger partial charge is 0.257 e. The van der Waals surface area contributed by atoms with Crippen LogP contribution in [0, 0.1) is 0 Å². The first kappa shape index (κ1) is 12.4. The van der Waals surface area contributed by atoms with Crippen LogP contribution in [0.4, 0.5) is 0 Å². The molecular weight excluding hydrogens is 282 g/mol. The Bertz CT molecular complexity index is 660. The molecule has 0 saturated heterocycles. The lowest BCUT2D eigenvalue weighted by Crippen LogP contribution is -1.94. The van der Waals surface area contributed by atoms with E-state index in [0.29, 0.717) is 11.8 Å². The quantitative estimate of drug-likeness (QED) is 0.689. The molecule has 0 fully saturated rings. The van der Waals surface area contributed by atoms with Crippen molar-refractivity contribution in [2.45, 2.75) is 17.3 Å². The summed E-state index contributed by atoms with van der Waals surface area (Å²) >= 11 is 3.12. The van der Waals surface area contributed by atoms with Gasteiger partial charge in [-0.15, -0.1) is 31.7 Å². The number of hydrogen-bond acceptors (Lipinski definition) is 7. The van der Waals surface area contributed by atoms with E-state index in [2.05, 4.69) is 20.4 Å². The summed E-state index contributed by atoms with van der Waals surface area (Å²) in [6.45, 7) is 2.01. The molecular formula is C11H11N5OS2. The van der Waals surface area contributed by atoms with Crippen LogP contribution in [-0.2, 0) is 7.05 Å². The molecule has 3 rings (SSSR count). The molecule has 0 N–H and O–H groups in total. The molecule has 6 nitrogen and oxygen atoms in total. The summed E-state index contributed by atoms with van der Waals surface area (Å²) in [6, 6.07) is 3.92. The second-order valence-electron chi connectivity index (χ2n) is 3.91. The van der Waals surface area contributed by atoms with Crippen molar-refractivity contribution < 1.29 is 4.42 Å². The molecule has 0 aliphatic rings. The maximum Gasteiger partial charge on any atom is 0.257 e. The highest BCUT2D eigenvalue weighted by Crippen LogP contribution is 2.34. The van der Waals surface area contributed by atoms with Crippen molar-refractivity contribution in [2.24, 2.45) is 7.05 Å². The third-order valence-electron chi connectivity index (χ3n) is 2.47. The molecule has 98 valence electrons. The maximum atomic E-state index is 5.69. The van der Waals surface area contributed by atoms with E-state index in [9.17, 15) is 0 Å². The van der Waals surface area contributed by atoms with Crippen molar-refractivity contribution >= 4 is 23.1 Å². The third-order valence-corrected chi connectivity index (χ3v) is 4.47. The largest absolute Gasteiger partial charge is 0.419 e. The SMILES string of the molecule is C[C@@H](Sc1nncn1C)c1nnc(-c2cccs2)o1. The molecule has 0 aromatic carbocycles. The molecule has 0 radical (unpaired) electrons. The normalized spacial score (nSPS) is 12.7. The first-order chi connectivity index (χ1) is 9.24. The van der Waals surface area contributed by atoms with Crippen LogP contribution in [0.5, 0.6) is 0 Å². The molecule has 8 heteroatoms. The molecule has 3 aromatic rings. The molecule has 0 saturated carbocycles. The minimum absolute atomic E-state index is 0.0316. The van der Waals surface area contributed by atoms with E-state index in [4.69, 9.17) is 4.42 Å². The van der Waals surface area contributed by atoms with Gasteiger partial charge in [0.05, 0.1) is 10.1 Å². The van der Waals surface area contributed by atoms with Crippen molar-refractivity contribution in [3.63, 3.8) is 0 Å². The zero-order chi connectivity index (χ0) is 13.2. The van der Waals surface area contributed by atoms with E-state index < -0.39 is 0 Å². The number of hydrogen-bond donors (Lipinski definition) is 0. The van der Waals surface area contributed by atoms with E-state index >= 15 is 0 Å². The predicted molar refractivity (Wildman–Crippen MR) is 72.9 cm³/mol. The Morgan fingerprint density at radius 2 is 2.26 bits per heavy atom. The van der Waals surface area contributed by atoms with E-state index in [1.165, 1.54) is 11.8 Å². The molecule has 0 spiro atoms. The fourth-order valence-corrected chi connectivity index (χ4v) is 2.95. The number of aromatic nitrogens is 5. The Hall–Kier alpha value is -1.67. The summed E-state index contributed by atoms with van der Waals surface area (Å²) < 4.78 is 7.55. The summed E-state index contributed by atoms with van der Waals surface area (Å²) in [5.74, 6) is 1.16. The Balaban J connectivity index is 1.77. The van der Waals surface area contributed by atoms with Gasteiger partial charge in [0.15, 0.2) is 5.16 Å². The second-order valence-corrected chi connectivity index (χ2v) is 6.16. The average molecular weight is 293 g/mol. The van der Waals surface area contributed by atoms with Crippen LogP contribution < -0.4 is 0 Å². The van der Waals surface area contributed by atoms with Crippen LogP contribution in [0.2, 0.25) is 0 Å². The van der Waals surface area contributed by atoms with E-state index in [-0.39, 0.29) is 5.25 Å². The van der Waals surface area contributed by atoms with Crippen molar-refractivity contribution in [3.05, 3.63) is 29.7 Å². The molecule has 0 unspecified atom stereocenters. The van der Waals surface area contributed by atoms with Crippen LogP contribution >= 0.6 is 23.1 Å². The van der Waals surface area contributed by atoms with Gasteiger partial charge in [0.2, 0.25) is 5.89 Å². The van der Waals surface area contributed by atoms with Crippen LogP contribution in [-0.4, -0.2) is 25.0 Å². The van der Waals surface area contributed by atoms with Crippen molar-refractivity contribution in [1.29, 1.82) is 0 Å². The molecule has 19 heavy (non-hydrogen) atoms. The van der Waals surface area contributed by atoms with Gasteiger partial charge >= 0.3 is 0 Å². The molecule has 1 atom stereocenters. The number of rotatable bonds is 4. The highest BCUT2D eigenvalue weighted by Gasteiger charge is 2.18. The van der Waals surface area contributed by atoms with Gasteiger partial charge in [-0.1, -0.05) is 17.8 Å². The number of thioether (sulfide) groups is 1. The van der Waals surface area contributed by atoms with E-state index in [0.717, 1.165) is 10.0 Å². The Morgan fingerprint density at radius 3 is 2.95 bits per heavy atom. The fraction of sp³-hybridized carbons (Fsp3) is 0.273. The van der Waals surface area contributed by atoms with Gasteiger partial charge in [-0.2, -0.15) is 0 Å². The average Bonchev–Trinajstić information content (AvgIpc) is 3.09. The predicted octanol–water partition coefficient (Wildman–Crippen LogP) is 2.78. The monoisotopic (exact) mass is 293 g/mol. The molecule has 3 heterocycles. The molecule has 0 aliphatic heterocycles. The molecule has 0 amide bonds. The molecule has 0 aliphatic carbocycles. The lowest BCUT2D eigenvalue weighted by atomic mass is 10.5.